The molecule has 1 aromatic heterocycles. The van der Waals surface area contributed by atoms with Gasteiger partial charge in [-0.3, -0.25) is 19.3 Å². The number of nitrogens with zero attached hydrogens (tertiary/aromatic N) is 3. The van der Waals surface area contributed by atoms with Crippen molar-refractivity contribution in [2.45, 2.75) is 76.4 Å². The normalized spacial score (nSPS) is 21.1. The monoisotopic (exact) mass is 460 g/mol. The van der Waals surface area contributed by atoms with Crippen molar-refractivity contribution in [3.8, 4) is 0 Å². The maximum absolute atomic E-state index is 13.2. The highest BCUT2D eigenvalue weighted by Gasteiger charge is 2.55. The van der Waals surface area contributed by atoms with Gasteiger partial charge in [-0.25, -0.2) is 4.79 Å². The number of thiophene rings is 1. The van der Waals surface area contributed by atoms with E-state index >= 15 is 0 Å². The Hall–Kier alpha value is -2.42. The first-order chi connectivity index (χ1) is 15.4. The quantitative estimate of drug-likeness (QED) is 0.661. The fourth-order valence-electron chi connectivity index (χ4n) is 5.26. The van der Waals surface area contributed by atoms with Crippen molar-refractivity contribution < 1.29 is 19.2 Å². The van der Waals surface area contributed by atoms with E-state index in [2.05, 4.69) is 11.4 Å². The van der Waals surface area contributed by atoms with E-state index in [1.807, 2.05) is 12.3 Å². The molecule has 5 amide bonds. The number of likely N-dealkylation sites (N-methyl/N-ethyl adjacent to an activating group) is 1. The van der Waals surface area contributed by atoms with Crippen molar-refractivity contribution in [1.82, 2.24) is 20.0 Å². The van der Waals surface area contributed by atoms with Crippen LogP contribution in [-0.2, 0) is 27.3 Å². The van der Waals surface area contributed by atoms with Crippen LogP contribution in [0.5, 0.6) is 0 Å². The van der Waals surface area contributed by atoms with E-state index in [4.69, 9.17) is 0 Å². The highest BCUT2D eigenvalue weighted by atomic mass is 32.1. The average molecular weight is 461 g/mol. The fraction of sp³-hybridized carbons (Fsp3) is 0.652. The number of fused-ring (bicyclic) bond motifs is 1. The van der Waals surface area contributed by atoms with Gasteiger partial charge >= 0.3 is 6.03 Å². The summed E-state index contributed by atoms with van der Waals surface area (Å²) in [7, 11) is 1.65. The zero-order chi connectivity index (χ0) is 22.9. The molecule has 1 unspecified atom stereocenters. The van der Waals surface area contributed by atoms with Crippen molar-refractivity contribution >= 4 is 35.1 Å². The van der Waals surface area contributed by atoms with E-state index in [9.17, 15) is 19.2 Å². The lowest BCUT2D eigenvalue weighted by Gasteiger charge is -2.35. The summed E-state index contributed by atoms with van der Waals surface area (Å²) < 4.78 is 0. The average Bonchev–Trinajstić information content (AvgIpc) is 3.33. The van der Waals surface area contributed by atoms with Crippen LogP contribution in [0.1, 0.15) is 62.3 Å². The Bertz CT molecular complexity index is 908. The third-order valence-corrected chi connectivity index (χ3v) is 8.14. The lowest BCUT2D eigenvalue weighted by molar-refractivity contribution is -0.139. The molecule has 0 bridgehead atoms. The summed E-state index contributed by atoms with van der Waals surface area (Å²) in [6.45, 7) is 2.82. The lowest BCUT2D eigenvalue weighted by atomic mass is 9.81. The van der Waals surface area contributed by atoms with Gasteiger partial charge in [0.1, 0.15) is 18.1 Å². The first-order valence-electron chi connectivity index (χ1n) is 11.6. The number of hydrogen-bond acceptors (Lipinski definition) is 5. The summed E-state index contributed by atoms with van der Waals surface area (Å²) in [5, 5.41) is 4.86. The summed E-state index contributed by atoms with van der Waals surface area (Å²) in [4.78, 5) is 57.6. The Balaban J connectivity index is 1.40. The maximum Gasteiger partial charge on any atom is 0.327 e. The number of amides is 5. The first-order valence-corrected chi connectivity index (χ1v) is 12.5. The van der Waals surface area contributed by atoms with Gasteiger partial charge in [0.2, 0.25) is 11.8 Å². The Morgan fingerprint density at radius 3 is 2.69 bits per heavy atom. The van der Waals surface area contributed by atoms with Crippen LogP contribution in [-0.4, -0.2) is 70.2 Å². The molecule has 0 radical (unpaired) electrons. The molecule has 2 fully saturated rings. The van der Waals surface area contributed by atoms with E-state index in [-0.39, 0.29) is 18.4 Å². The van der Waals surface area contributed by atoms with Crippen LogP contribution in [0.2, 0.25) is 0 Å². The van der Waals surface area contributed by atoms with Crippen LogP contribution in [0.15, 0.2) is 11.4 Å². The molecule has 1 saturated heterocycles. The summed E-state index contributed by atoms with van der Waals surface area (Å²) >= 11 is 1.71. The molecule has 1 atom stereocenters. The molecule has 9 heteroatoms. The molecule has 1 aliphatic carbocycles. The van der Waals surface area contributed by atoms with Gasteiger partial charge in [0, 0.05) is 25.0 Å². The molecule has 174 valence electrons. The molecule has 1 saturated carbocycles. The molecule has 0 aromatic carbocycles. The SMILES string of the molecule is CCCC(NC(=O)CN1C(=O)N(C)C2(CCCCC2)C1=O)C(=O)N1CCc2sccc2C1. The number of nitrogens with one attached hydrogen (secondary N) is 1. The van der Waals surface area contributed by atoms with Gasteiger partial charge in [0.05, 0.1) is 0 Å². The van der Waals surface area contributed by atoms with Crippen LogP contribution < -0.4 is 5.32 Å². The van der Waals surface area contributed by atoms with Crippen molar-refractivity contribution in [1.29, 1.82) is 0 Å². The second-order valence-corrected chi connectivity index (χ2v) is 10.1. The van der Waals surface area contributed by atoms with Crippen LogP contribution in [0.25, 0.3) is 0 Å². The predicted molar refractivity (Wildman–Crippen MR) is 121 cm³/mol. The Kier molecular flexibility index (Phi) is 6.55. The van der Waals surface area contributed by atoms with Crippen molar-refractivity contribution in [3.05, 3.63) is 21.9 Å². The van der Waals surface area contributed by atoms with Crippen LogP contribution in [0.3, 0.4) is 0 Å². The molecule has 3 aliphatic rings. The first kappa shape index (κ1) is 22.8. The molecule has 2 aliphatic heterocycles. The van der Waals surface area contributed by atoms with Gasteiger partial charge in [-0.2, -0.15) is 0 Å². The summed E-state index contributed by atoms with van der Waals surface area (Å²) in [6, 6.07) is 0.975. The minimum absolute atomic E-state index is 0.100. The van der Waals surface area contributed by atoms with Gasteiger partial charge in [-0.1, -0.05) is 32.6 Å². The molecular formula is C23H32N4O4S. The van der Waals surface area contributed by atoms with Gasteiger partial charge in [0.15, 0.2) is 0 Å². The number of urea groups is 1. The molecule has 32 heavy (non-hydrogen) atoms. The number of carbonyl (C=O) groups is 4. The van der Waals surface area contributed by atoms with Gasteiger partial charge in [0.25, 0.3) is 5.91 Å². The van der Waals surface area contributed by atoms with Gasteiger partial charge in [-0.05, 0) is 42.7 Å². The summed E-state index contributed by atoms with van der Waals surface area (Å²) in [6.07, 6.45) is 6.23. The number of hydrogen-bond donors (Lipinski definition) is 1. The van der Waals surface area contributed by atoms with E-state index in [1.165, 1.54) is 15.3 Å². The minimum atomic E-state index is -0.805. The molecule has 4 rings (SSSR count). The minimum Gasteiger partial charge on any atom is -0.343 e. The number of carbonyl (C=O) groups excluding carboxylic acids is 4. The molecule has 3 heterocycles. The van der Waals surface area contributed by atoms with Gasteiger partial charge in [-0.15, -0.1) is 11.3 Å². The third-order valence-electron chi connectivity index (χ3n) is 7.12. The zero-order valence-corrected chi connectivity index (χ0v) is 19.7. The van der Waals surface area contributed by atoms with E-state index < -0.39 is 23.5 Å². The molecular weight excluding hydrogens is 428 g/mol. The second kappa shape index (κ2) is 9.21. The molecule has 1 N–H and O–H groups in total. The van der Waals surface area contributed by atoms with E-state index in [1.54, 1.807) is 23.3 Å². The zero-order valence-electron chi connectivity index (χ0n) is 18.9. The largest absolute Gasteiger partial charge is 0.343 e. The van der Waals surface area contributed by atoms with Gasteiger partial charge < -0.3 is 15.1 Å². The van der Waals surface area contributed by atoms with E-state index in [0.29, 0.717) is 32.4 Å². The van der Waals surface area contributed by atoms with E-state index in [0.717, 1.165) is 37.0 Å². The Morgan fingerprint density at radius 2 is 1.97 bits per heavy atom. The van der Waals surface area contributed by atoms with Crippen LogP contribution in [0, 0.1) is 0 Å². The third kappa shape index (κ3) is 4.02. The number of imide groups is 1. The molecule has 1 aromatic rings. The summed E-state index contributed by atoms with van der Waals surface area (Å²) in [5.74, 6) is -0.843. The maximum atomic E-state index is 13.2. The fourth-order valence-corrected chi connectivity index (χ4v) is 6.15. The standard InChI is InChI=1S/C23H32N4O4S/c1-3-7-17(20(29)26-12-8-18-16(14-26)9-13-32-18)24-19(28)15-27-21(30)23(25(2)22(27)31)10-5-4-6-11-23/h9,13,17H,3-8,10-12,14-15H2,1-2H3,(H,24,28). The van der Waals surface area contributed by atoms with Crippen molar-refractivity contribution in [2.24, 2.45) is 0 Å². The Morgan fingerprint density at radius 1 is 1.22 bits per heavy atom. The lowest BCUT2D eigenvalue weighted by Crippen LogP contribution is -2.52. The molecule has 1 spiro atoms. The Labute approximate surface area is 192 Å². The second-order valence-electron chi connectivity index (χ2n) is 9.11. The predicted octanol–water partition coefficient (Wildman–Crippen LogP) is 2.51. The molecule has 8 nitrogen and oxygen atoms in total. The van der Waals surface area contributed by atoms with Crippen LogP contribution >= 0.6 is 11.3 Å². The highest BCUT2D eigenvalue weighted by Crippen LogP contribution is 2.39. The number of rotatable bonds is 6. The van der Waals surface area contributed by atoms with Crippen LogP contribution in [0.4, 0.5) is 4.79 Å². The van der Waals surface area contributed by atoms with Crippen molar-refractivity contribution in [2.75, 3.05) is 20.1 Å². The topological polar surface area (TPSA) is 90.0 Å². The smallest absolute Gasteiger partial charge is 0.327 e. The summed E-state index contributed by atoms with van der Waals surface area (Å²) in [5.41, 5.74) is 0.366. The highest BCUT2D eigenvalue weighted by molar-refractivity contribution is 7.10. The van der Waals surface area contributed by atoms with Crippen molar-refractivity contribution in [3.63, 3.8) is 0 Å².